The number of carbonyl (C=O) groups excluding carboxylic acids is 1. The van der Waals surface area contributed by atoms with Gasteiger partial charge in [-0.05, 0) is 49.9 Å². The zero-order chi connectivity index (χ0) is 12.3. The number of hydrogen-bond donors (Lipinski definition) is 1. The van der Waals surface area contributed by atoms with Crippen molar-refractivity contribution in [3.05, 3.63) is 29.3 Å². The van der Waals surface area contributed by atoms with Crippen molar-refractivity contribution in [2.75, 3.05) is 11.9 Å². The summed E-state index contributed by atoms with van der Waals surface area (Å²) in [6.45, 7) is 4.85. The Morgan fingerprint density at radius 3 is 2.65 bits per heavy atom. The van der Waals surface area contributed by atoms with Crippen LogP contribution in [0.3, 0.4) is 0 Å². The SMILES string of the molecule is Cc1cc(C)cc(NC(=O)CC2CCCO2)c1. The number of ether oxygens (including phenoxy) is 1. The molecule has 0 spiro atoms. The first kappa shape index (κ1) is 12.1. The van der Waals surface area contributed by atoms with Crippen molar-refractivity contribution in [2.45, 2.75) is 39.2 Å². The lowest BCUT2D eigenvalue weighted by Crippen LogP contribution is -2.19. The van der Waals surface area contributed by atoms with Gasteiger partial charge in [0.05, 0.1) is 12.5 Å². The van der Waals surface area contributed by atoms with Crippen molar-refractivity contribution in [3.63, 3.8) is 0 Å². The summed E-state index contributed by atoms with van der Waals surface area (Å²) in [7, 11) is 0. The highest BCUT2D eigenvalue weighted by atomic mass is 16.5. The standard InChI is InChI=1S/C14H19NO2/c1-10-6-11(2)8-12(7-10)15-14(16)9-13-4-3-5-17-13/h6-8,13H,3-5,9H2,1-2H3,(H,15,16). The molecular formula is C14H19NO2. The Labute approximate surface area is 102 Å². The molecule has 92 valence electrons. The van der Waals surface area contributed by atoms with Gasteiger partial charge in [0.25, 0.3) is 0 Å². The maximum atomic E-state index is 11.8. The van der Waals surface area contributed by atoms with Gasteiger partial charge in [-0.1, -0.05) is 6.07 Å². The fraction of sp³-hybridized carbons (Fsp3) is 0.500. The van der Waals surface area contributed by atoms with E-state index in [2.05, 4.69) is 11.4 Å². The molecule has 17 heavy (non-hydrogen) atoms. The molecule has 1 unspecified atom stereocenters. The Morgan fingerprint density at radius 2 is 2.06 bits per heavy atom. The predicted octanol–water partition coefficient (Wildman–Crippen LogP) is 2.81. The van der Waals surface area contributed by atoms with E-state index in [0.29, 0.717) is 6.42 Å². The molecule has 1 amide bonds. The van der Waals surface area contributed by atoms with E-state index >= 15 is 0 Å². The normalized spacial score (nSPS) is 19.3. The van der Waals surface area contributed by atoms with E-state index in [1.165, 1.54) is 0 Å². The molecule has 0 aromatic heterocycles. The highest BCUT2D eigenvalue weighted by Gasteiger charge is 2.19. The summed E-state index contributed by atoms with van der Waals surface area (Å²) in [5.74, 6) is 0.0434. The molecule has 1 aliphatic heterocycles. The molecular weight excluding hydrogens is 214 g/mol. The number of nitrogens with one attached hydrogen (secondary N) is 1. The van der Waals surface area contributed by atoms with Crippen LogP contribution in [0.4, 0.5) is 5.69 Å². The van der Waals surface area contributed by atoms with Crippen LogP contribution in [-0.2, 0) is 9.53 Å². The molecule has 1 aliphatic rings. The van der Waals surface area contributed by atoms with Crippen molar-refractivity contribution < 1.29 is 9.53 Å². The first-order valence-electron chi connectivity index (χ1n) is 6.13. The Bertz CT molecular complexity index is 388. The minimum atomic E-state index is 0.0434. The van der Waals surface area contributed by atoms with Crippen molar-refractivity contribution in [1.29, 1.82) is 0 Å². The lowest BCUT2D eigenvalue weighted by Gasteiger charge is -2.10. The van der Waals surface area contributed by atoms with Crippen molar-refractivity contribution in [1.82, 2.24) is 0 Å². The first-order chi connectivity index (χ1) is 8.13. The third-order valence-corrected chi connectivity index (χ3v) is 2.94. The minimum Gasteiger partial charge on any atom is -0.378 e. The summed E-state index contributed by atoms with van der Waals surface area (Å²) in [6, 6.07) is 6.07. The van der Waals surface area contributed by atoms with Crippen molar-refractivity contribution >= 4 is 11.6 Å². The molecule has 3 nitrogen and oxygen atoms in total. The summed E-state index contributed by atoms with van der Waals surface area (Å²) >= 11 is 0. The van der Waals surface area contributed by atoms with E-state index in [0.717, 1.165) is 36.3 Å². The maximum absolute atomic E-state index is 11.8. The van der Waals surface area contributed by atoms with Gasteiger partial charge < -0.3 is 10.1 Å². The van der Waals surface area contributed by atoms with Crippen LogP contribution >= 0.6 is 0 Å². The molecule has 1 aromatic carbocycles. The number of rotatable bonds is 3. The van der Waals surface area contributed by atoms with Gasteiger partial charge in [0, 0.05) is 12.3 Å². The summed E-state index contributed by atoms with van der Waals surface area (Å²) in [4.78, 5) is 11.8. The van der Waals surface area contributed by atoms with Gasteiger partial charge in [-0.2, -0.15) is 0 Å². The van der Waals surface area contributed by atoms with Crippen LogP contribution in [0.5, 0.6) is 0 Å². The lowest BCUT2D eigenvalue weighted by molar-refractivity contribution is -0.118. The van der Waals surface area contributed by atoms with Crippen LogP contribution in [0.1, 0.15) is 30.4 Å². The zero-order valence-electron chi connectivity index (χ0n) is 10.5. The molecule has 2 rings (SSSR count). The van der Waals surface area contributed by atoms with Crippen molar-refractivity contribution in [2.24, 2.45) is 0 Å². The Kier molecular flexibility index (Phi) is 3.79. The second kappa shape index (κ2) is 5.32. The van der Waals surface area contributed by atoms with E-state index in [4.69, 9.17) is 4.74 Å². The topological polar surface area (TPSA) is 38.3 Å². The van der Waals surface area contributed by atoms with E-state index in [1.807, 2.05) is 26.0 Å². The van der Waals surface area contributed by atoms with Crippen LogP contribution in [0.2, 0.25) is 0 Å². The van der Waals surface area contributed by atoms with Gasteiger partial charge in [-0.15, -0.1) is 0 Å². The van der Waals surface area contributed by atoms with Crippen LogP contribution < -0.4 is 5.32 Å². The molecule has 1 atom stereocenters. The van der Waals surface area contributed by atoms with E-state index in [-0.39, 0.29) is 12.0 Å². The van der Waals surface area contributed by atoms with Gasteiger partial charge in [-0.3, -0.25) is 4.79 Å². The van der Waals surface area contributed by atoms with E-state index in [9.17, 15) is 4.79 Å². The fourth-order valence-corrected chi connectivity index (χ4v) is 2.27. The number of hydrogen-bond acceptors (Lipinski definition) is 2. The van der Waals surface area contributed by atoms with E-state index < -0.39 is 0 Å². The van der Waals surface area contributed by atoms with Gasteiger partial charge in [-0.25, -0.2) is 0 Å². The van der Waals surface area contributed by atoms with Crippen LogP contribution in [0.25, 0.3) is 0 Å². The average molecular weight is 233 g/mol. The summed E-state index contributed by atoms with van der Waals surface area (Å²) in [5.41, 5.74) is 3.21. The summed E-state index contributed by atoms with van der Waals surface area (Å²) in [5, 5.41) is 2.93. The minimum absolute atomic E-state index is 0.0434. The second-order valence-corrected chi connectivity index (χ2v) is 4.76. The smallest absolute Gasteiger partial charge is 0.226 e. The van der Waals surface area contributed by atoms with Gasteiger partial charge in [0.2, 0.25) is 5.91 Å². The zero-order valence-corrected chi connectivity index (χ0v) is 10.5. The molecule has 0 radical (unpaired) electrons. The molecule has 1 heterocycles. The van der Waals surface area contributed by atoms with Gasteiger partial charge in [0.15, 0.2) is 0 Å². The molecule has 1 saturated heterocycles. The Morgan fingerprint density at radius 1 is 1.35 bits per heavy atom. The third-order valence-electron chi connectivity index (χ3n) is 2.94. The van der Waals surface area contributed by atoms with Crippen LogP contribution in [-0.4, -0.2) is 18.6 Å². The number of aryl methyl sites for hydroxylation is 2. The van der Waals surface area contributed by atoms with Crippen LogP contribution in [0, 0.1) is 13.8 Å². The number of carbonyl (C=O) groups is 1. The second-order valence-electron chi connectivity index (χ2n) is 4.76. The highest BCUT2D eigenvalue weighted by molar-refractivity contribution is 5.91. The molecule has 3 heteroatoms. The summed E-state index contributed by atoms with van der Waals surface area (Å²) in [6.07, 6.45) is 2.65. The molecule has 0 aliphatic carbocycles. The summed E-state index contributed by atoms with van der Waals surface area (Å²) < 4.78 is 5.45. The Balaban J connectivity index is 1.92. The average Bonchev–Trinajstić information content (AvgIpc) is 2.67. The van der Waals surface area contributed by atoms with Gasteiger partial charge >= 0.3 is 0 Å². The number of benzene rings is 1. The number of amides is 1. The fourth-order valence-electron chi connectivity index (χ4n) is 2.27. The van der Waals surface area contributed by atoms with Crippen LogP contribution in [0.15, 0.2) is 18.2 Å². The van der Waals surface area contributed by atoms with Gasteiger partial charge in [0.1, 0.15) is 0 Å². The molecule has 1 aromatic rings. The predicted molar refractivity (Wildman–Crippen MR) is 68.1 cm³/mol. The molecule has 0 saturated carbocycles. The molecule has 0 bridgehead atoms. The number of anilines is 1. The highest BCUT2D eigenvalue weighted by Crippen LogP contribution is 2.18. The Hall–Kier alpha value is -1.35. The van der Waals surface area contributed by atoms with E-state index in [1.54, 1.807) is 0 Å². The first-order valence-corrected chi connectivity index (χ1v) is 6.13. The monoisotopic (exact) mass is 233 g/mol. The lowest BCUT2D eigenvalue weighted by atomic mass is 10.1. The largest absolute Gasteiger partial charge is 0.378 e. The van der Waals surface area contributed by atoms with Crippen molar-refractivity contribution in [3.8, 4) is 0 Å². The molecule has 1 N–H and O–H groups in total. The molecule has 1 fully saturated rings. The third kappa shape index (κ3) is 3.56. The quantitative estimate of drug-likeness (QED) is 0.871. The maximum Gasteiger partial charge on any atom is 0.226 e.